The maximum atomic E-state index is 13.5. The van der Waals surface area contributed by atoms with E-state index in [2.05, 4.69) is 10.1 Å². The van der Waals surface area contributed by atoms with Crippen molar-refractivity contribution in [1.29, 1.82) is 0 Å². The third-order valence-corrected chi connectivity index (χ3v) is 6.46. The number of nitro groups is 1. The summed E-state index contributed by atoms with van der Waals surface area (Å²) in [6, 6.07) is 20.5. The quantitative estimate of drug-likeness (QED) is 0.111. The topological polar surface area (TPSA) is 99.6 Å². The number of aromatic nitrogens is 2. The zero-order valence-corrected chi connectivity index (χ0v) is 22.6. The lowest BCUT2D eigenvalue weighted by molar-refractivity contribution is -0.385. The SMILES string of the molecule is Cc1cccc(COc2c(C=Nn3c(-c4cccc(C(F)(F)F)c4)nc4ccccc4c3=O)cc(Cl)cc2[N+](=O)[O-])c1. The van der Waals surface area contributed by atoms with Crippen molar-refractivity contribution in [2.45, 2.75) is 19.7 Å². The van der Waals surface area contributed by atoms with Crippen molar-refractivity contribution in [2.24, 2.45) is 5.10 Å². The summed E-state index contributed by atoms with van der Waals surface area (Å²) in [5.41, 5.74) is -0.00804. The molecule has 0 aliphatic carbocycles. The monoisotopic (exact) mass is 592 g/mol. The summed E-state index contributed by atoms with van der Waals surface area (Å²) < 4.78 is 47.2. The molecule has 0 N–H and O–H groups in total. The van der Waals surface area contributed by atoms with Gasteiger partial charge in [-0.15, -0.1) is 0 Å². The molecule has 4 aromatic carbocycles. The molecule has 0 spiro atoms. The number of rotatable bonds is 7. The average molecular weight is 593 g/mol. The average Bonchev–Trinajstić information content (AvgIpc) is 2.95. The van der Waals surface area contributed by atoms with Crippen LogP contribution in [0.25, 0.3) is 22.3 Å². The van der Waals surface area contributed by atoms with Gasteiger partial charge in [0.15, 0.2) is 5.82 Å². The first-order chi connectivity index (χ1) is 20.0. The number of benzene rings is 4. The largest absolute Gasteiger partial charge is 0.481 e. The summed E-state index contributed by atoms with van der Waals surface area (Å²) in [6.07, 6.45) is -3.51. The van der Waals surface area contributed by atoms with Gasteiger partial charge in [-0.05, 0) is 42.8 Å². The van der Waals surface area contributed by atoms with E-state index in [1.54, 1.807) is 24.3 Å². The van der Waals surface area contributed by atoms with Crippen LogP contribution in [-0.4, -0.2) is 20.8 Å². The van der Waals surface area contributed by atoms with Crippen molar-refractivity contribution in [1.82, 2.24) is 9.66 Å². The Hall–Kier alpha value is -5.03. The molecule has 12 heteroatoms. The van der Waals surface area contributed by atoms with Gasteiger partial charge >= 0.3 is 11.9 Å². The fourth-order valence-electron chi connectivity index (χ4n) is 4.32. The number of nitro benzene ring substituents is 1. The first-order valence-electron chi connectivity index (χ1n) is 12.4. The van der Waals surface area contributed by atoms with Gasteiger partial charge in [0.25, 0.3) is 5.56 Å². The number of para-hydroxylation sites is 1. The van der Waals surface area contributed by atoms with E-state index in [4.69, 9.17) is 16.3 Å². The van der Waals surface area contributed by atoms with E-state index in [-0.39, 0.29) is 45.2 Å². The fourth-order valence-corrected chi connectivity index (χ4v) is 4.54. The van der Waals surface area contributed by atoms with Crippen LogP contribution in [-0.2, 0) is 12.8 Å². The molecule has 0 aliphatic rings. The standard InChI is InChI=1S/C30H20ClF3N4O4/c1-18-6-4-7-19(12-18)17-42-27-21(14-23(31)15-26(27)38(40)41)16-35-37-28(20-8-5-9-22(13-20)30(32,33)34)36-25-11-3-2-10-24(25)29(37)39/h2-16H,17H2,1H3. The van der Waals surface area contributed by atoms with Gasteiger partial charge in [0.05, 0.1) is 27.6 Å². The van der Waals surface area contributed by atoms with Crippen LogP contribution in [0.1, 0.15) is 22.3 Å². The van der Waals surface area contributed by atoms with Crippen LogP contribution < -0.4 is 10.3 Å². The molecule has 0 bridgehead atoms. The van der Waals surface area contributed by atoms with Crippen molar-refractivity contribution < 1.29 is 22.8 Å². The number of aryl methyl sites for hydroxylation is 1. The second kappa shape index (κ2) is 11.5. The number of hydrogen-bond donors (Lipinski definition) is 0. The second-order valence-electron chi connectivity index (χ2n) is 9.27. The van der Waals surface area contributed by atoms with Gasteiger partial charge in [-0.2, -0.15) is 22.9 Å². The second-order valence-corrected chi connectivity index (χ2v) is 9.71. The molecular weight excluding hydrogens is 573 g/mol. The van der Waals surface area contributed by atoms with E-state index >= 15 is 0 Å². The highest BCUT2D eigenvalue weighted by Gasteiger charge is 2.31. The van der Waals surface area contributed by atoms with Crippen molar-refractivity contribution in [3.05, 3.63) is 133 Å². The van der Waals surface area contributed by atoms with Crippen LogP contribution >= 0.6 is 11.6 Å². The molecule has 0 saturated heterocycles. The summed E-state index contributed by atoms with van der Waals surface area (Å²) in [5, 5.41) is 16.3. The van der Waals surface area contributed by atoms with Gasteiger partial charge in [0, 0.05) is 22.2 Å². The van der Waals surface area contributed by atoms with Gasteiger partial charge in [0.1, 0.15) is 6.61 Å². The molecule has 1 heterocycles. The first kappa shape index (κ1) is 28.5. The minimum Gasteiger partial charge on any atom is -0.481 e. The molecule has 0 fully saturated rings. The highest BCUT2D eigenvalue weighted by Crippen LogP contribution is 2.35. The third kappa shape index (κ3) is 6.01. The highest BCUT2D eigenvalue weighted by atomic mass is 35.5. The minimum absolute atomic E-state index is 0.00754. The van der Waals surface area contributed by atoms with E-state index in [0.29, 0.717) is 0 Å². The molecular formula is C30H20ClF3N4O4. The summed E-state index contributed by atoms with van der Waals surface area (Å²) in [4.78, 5) is 29.2. The number of ether oxygens (including phenoxy) is 1. The highest BCUT2D eigenvalue weighted by molar-refractivity contribution is 6.31. The Kier molecular flexibility index (Phi) is 7.77. The van der Waals surface area contributed by atoms with Crippen LogP contribution in [0.2, 0.25) is 5.02 Å². The molecule has 5 rings (SSSR count). The van der Waals surface area contributed by atoms with Crippen LogP contribution in [0.3, 0.4) is 0 Å². The molecule has 8 nitrogen and oxygen atoms in total. The Morgan fingerprint density at radius 3 is 2.55 bits per heavy atom. The van der Waals surface area contributed by atoms with Gasteiger partial charge in [-0.1, -0.05) is 65.7 Å². The predicted octanol–water partition coefficient (Wildman–Crippen LogP) is 7.41. The van der Waals surface area contributed by atoms with Gasteiger partial charge < -0.3 is 4.74 Å². The number of fused-ring (bicyclic) bond motifs is 1. The van der Waals surface area contributed by atoms with Crippen molar-refractivity contribution in [3.63, 3.8) is 0 Å². The number of hydrogen-bond acceptors (Lipinski definition) is 6. The zero-order valence-electron chi connectivity index (χ0n) is 21.8. The first-order valence-corrected chi connectivity index (χ1v) is 12.8. The summed E-state index contributed by atoms with van der Waals surface area (Å²) in [6.45, 7) is 1.88. The Labute approximate surface area is 241 Å². The molecule has 0 radical (unpaired) electrons. The Balaban J connectivity index is 1.66. The van der Waals surface area contributed by atoms with Gasteiger partial charge in [-0.25, -0.2) is 4.98 Å². The molecule has 5 aromatic rings. The Bertz CT molecular complexity index is 1920. The lowest BCUT2D eigenvalue weighted by Gasteiger charge is -2.13. The van der Waals surface area contributed by atoms with Crippen molar-refractivity contribution >= 4 is 34.4 Å². The molecule has 1 aromatic heterocycles. The molecule has 0 amide bonds. The summed E-state index contributed by atoms with van der Waals surface area (Å²) >= 11 is 6.17. The van der Waals surface area contributed by atoms with Crippen LogP contribution in [0.5, 0.6) is 5.75 Å². The molecule has 42 heavy (non-hydrogen) atoms. The predicted molar refractivity (Wildman–Crippen MR) is 153 cm³/mol. The van der Waals surface area contributed by atoms with Gasteiger partial charge in [0.2, 0.25) is 5.75 Å². The maximum absolute atomic E-state index is 13.5. The lowest BCUT2D eigenvalue weighted by Crippen LogP contribution is -2.20. The van der Waals surface area contributed by atoms with Crippen LogP contribution in [0.15, 0.2) is 94.8 Å². The maximum Gasteiger partial charge on any atom is 0.416 e. The van der Waals surface area contributed by atoms with E-state index in [0.717, 1.165) is 40.2 Å². The summed E-state index contributed by atoms with van der Waals surface area (Å²) in [5.74, 6) is -0.322. The minimum atomic E-state index is -4.63. The van der Waals surface area contributed by atoms with E-state index in [1.165, 1.54) is 24.3 Å². The summed E-state index contributed by atoms with van der Waals surface area (Å²) in [7, 11) is 0. The zero-order chi connectivity index (χ0) is 30.0. The molecule has 212 valence electrons. The lowest BCUT2D eigenvalue weighted by atomic mass is 10.1. The van der Waals surface area contributed by atoms with Crippen LogP contribution in [0.4, 0.5) is 18.9 Å². The van der Waals surface area contributed by atoms with Crippen molar-refractivity contribution in [3.8, 4) is 17.1 Å². The Morgan fingerprint density at radius 1 is 1.05 bits per heavy atom. The Morgan fingerprint density at radius 2 is 1.81 bits per heavy atom. The molecule has 0 unspecified atom stereocenters. The molecule has 0 aliphatic heterocycles. The fraction of sp³-hybridized carbons (Fsp3) is 0.100. The van der Waals surface area contributed by atoms with Crippen molar-refractivity contribution in [2.75, 3.05) is 0 Å². The van der Waals surface area contributed by atoms with E-state index < -0.39 is 27.9 Å². The smallest absolute Gasteiger partial charge is 0.416 e. The molecule has 0 saturated carbocycles. The molecule has 0 atom stereocenters. The number of alkyl halides is 3. The van der Waals surface area contributed by atoms with E-state index in [1.807, 2.05) is 25.1 Å². The number of halogens is 4. The van der Waals surface area contributed by atoms with Gasteiger partial charge in [-0.3, -0.25) is 14.9 Å². The third-order valence-electron chi connectivity index (χ3n) is 6.24. The van der Waals surface area contributed by atoms with E-state index in [9.17, 15) is 28.1 Å². The van der Waals surface area contributed by atoms with Crippen LogP contribution in [0, 0.1) is 17.0 Å². The number of nitrogens with zero attached hydrogens (tertiary/aromatic N) is 4. The normalized spacial score (nSPS) is 11.7.